The number of hydrogen-bond donors (Lipinski definition) is 3. The Bertz CT molecular complexity index is 2460. The zero-order valence-electron chi connectivity index (χ0n) is 48.9. The van der Waals surface area contributed by atoms with E-state index in [2.05, 4.69) is 10.2 Å². The molecule has 20 nitrogen and oxygen atoms in total. The van der Waals surface area contributed by atoms with Crippen LogP contribution in [0.15, 0.2) is 34.1 Å². The summed E-state index contributed by atoms with van der Waals surface area (Å²) in [7, 11) is 9.00. The number of ketones is 1. The molecular weight excluding hydrogens is 1030 g/mol. The molecule has 3 N–H and O–H groups in total. The van der Waals surface area contributed by atoms with Crippen molar-refractivity contribution in [1.29, 1.82) is 0 Å². The third-order valence-electron chi connectivity index (χ3n) is 17.2. The van der Waals surface area contributed by atoms with Crippen LogP contribution in [0, 0.1) is 23.7 Å². The molecule has 4 aliphatic heterocycles. The van der Waals surface area contributed by atoms with Gasteiger partial charge in [-0.15, -0.1) is 11.8 Å². The number of fused-ring (bicyclic) bond motifs is 2. The Morgan fingerprint density at radius 3 is 2.22 bits per heavy atom. The molecule has 0 unspecified atom stereocenters. The SMILES string of the molecule is CC[C@H]1OC(=O)[C@H](C)[C@@H](O[C@H]2C[C@@](C)(OC)[C@@H](OCCCN(C)CCSc3ccc4c(c3)c(=O)c(C(=O)O)cn4CC)[C@H](C)O2)[C@H](C)[C@@H](O[C@@H]2O[C@H](C)C[C@H](N(C)C)[C@H]2O)[C@](C)(OC)C[C@@H](C)C(=O)[C@@H](C)[C@H]2NC(=O)O[C@@]21C. The van der Waals surface area contributed by atoms with Crippen LogP contribution in [-0.4, -0.2) is 193 Å². The van der Waals surface area contributed by atoms with Crippen molar-refractivity contribution in [3.8, 4) is 0 Å². The summed E-state index contributed by atoms with van der Waals surface area (Å²) in [4.78, 5) is 72.3. The smallest absolute Gasteiger partial charge is 0.408 e. The third kappa shape index (κ3) is 13.8. The highest BCUT2D eigenvalue weighted by Crippen LogP contribution is 2.43. The van der Waals surface area contributed by atoms with E-state index in [9.17, 15) is 34.2 Å². The molecule has 5 heterocycles. The van der Waals surface area contributed by atoms with Crippen LogP contribution in [0.3, 0.4) is 0 Å². The number of thioether (sulfide) groups is 1. The topological polar surface area (TPSA) is 232 Å². The Morgan fingerprint density at radius 1 is 0.910 bits per heavy atom. The highest BCUT2D eigenvalue weighted by Gasteiger charge is 2.58. The van der Waals surface area contributed by atoms with Gasteiger partial charge in [-0.05, 0) is 113 Å². The lowest BCUT2D eigenvalue weighted by Crippen LogP contribution is -2.61. The van der Waals surface area contributed by atoms with Crippen molar-refractivity contribution in [3.05, 3.63) is 40.2 Å². The summed E-state index contributed by atoms with van der Waals surface area (Å²) in [6, 6.07) is 4.48. The van der Waals surface area contributed by atoms with Crippen LogP contribution < -0.4 is 10.7 Å². The van der Waals surface area contributed by atoms with Crippen molar-refractivity contribution >= 4 is 46.5 Å². The van der Waals surface area contributed by atoms with E-state index in [1.807, 2.05) is 93.6 Å². The molecule has 0 spiro atoms. The van der Waals surface area contributed by atoms with Crippen LogP contribution in [0.5, 0.6) is 0 Å². The number of carboxylic acid groups (broad SMARTS) is 1. The standard InChI is InChI=1S/C57H90N4O16S/c1-17-42-57(11)48(58-54(68)77-57)33(5)44(62)31(3)28-55(9,69-15)49(76-53-46(64)41(59(12)13)26-32(4)72-53)34(6)47(35(7)52(67)74-42)75-43-29-56(10,70-16)50(36(8)73-43)71-24-19-22-60(14)23-25-78-37-20-21-40-38(27-37)45(63)39(51(65)66)30-61(40)18-2/h20-21,27,30-36,41-43,46-50,53,64H,17-19,22-26,28-29H2,1-16H3,(H,58,68)(H,65,66)/t31-,32-,33-,34+,35-,36+,41+,42-,43+,46-,47+,48-,49-,50+,53+,55-,56-,57-/m1/s1. The van der Waals surface area contributed by atoms with Crippen LogP contribution >= 0.6 is 11.8 Å². The molecule has 0 aliphatic carbocycles. The summed E-state index contributed by atoms with van der Waals surface area (Å²) in [5.41, 5.74) is -3.60. The Kier molecular flexibility index (Phi) is 21.5. The highest BCUT2D eigenvalue weighted by molar-refractivity contribution is 7.99. The fourth-order valence-corrected chi connectivity index (χ4v) is 13.5. The van der Waals surface area contributed by atoms with E-state index in [4.69, 9.17) is 42.6 Å². The van der Waals surface area contributed by atoms with Gasteiger partial charge in [-0.2, -0.15) is 0 Å². The van der Waals surface area contributed by atoms with Crippen molar-refractivity contribution in [2.75, 3.05) is 60.8 Å². The number of likely N-dealkylation sites (N-methyl/N-ethyl adjacent to an activating group) is 1. The zero-order valence-corrected chi connectivity index (χ0v) is 49.7. The number of aryl methyl sites for hydroxylation is 1. The van der Waals surface area contributed by atoms with Crippen molar-refractivity contribution in [2.45, 2.75) is 204 Å². The first-order valence-electron chi connectivity index (χ1n) is 27.8. The van der Waals surface area contributed by atoms with Gasteiger partial charge in [0.25, 0.3) is 0 Å². The van der Waals surface area contributed by atoms with Crippen LogP contribution in [-0.2, 0) is 58.8 Å². The molecule has 2 aromatic rings. The van der Waals surface area contributed by atoms with Gasteiger partial charge in [0.15, 0.2) is 18.2 Å². The maximum Gasteiger partial charge on any atom is 0.408 e. The molecule has 440 valence electrons. The van der Waals surface area contributed by atoms with E-state index in [1.165, 1.54) is 6.20 Å². The number of benzene rings is 1. The Balaban J connectivity index is 1.20. The Labute approximate surface area is 465 Å². The molecule has 1 amide bonds. The van der Waals surface area contributed by atoms with Crippen molar-refractivity contribution in [1.82, 2.24) is 19.7 Å². The molecule has 0 radical (unpaired) electrons. The average molecular weight is 1120 g/mol. The summed E-state index contributed by atoms with van der Waals surface area (Å²) in [5.74, 6) is -4.40. The van der Waals surface area contributed by atoms with Gasteiger partial charge in [-0.25, -0.2) is 9.59 Å². The number of aromatic nitrogens is 1. The van der Waals surface area contributed by atoms with E-state index < -0.39 is 119 Å². The van der Waals surface area contributed by atoms with E-state index in [-0.39, 0.29) is 42.8 Å². The second-order valence-electron chi connectivity index (χ2n) is 23.2. The lowest BCUT2D eigenvalue weighted by molar-refractivity contribution is -0.322. The lowest BCUT2D eigenvalue weighted by Gasteiger charge is -2.50. The second-order valence-corrected chi connectivity index (χ2v) is 24.3. The number of methoxy groups -OCH3 is 2. The average Bonchev–Trinajstić information content (AvgIpc) is 3.79. The van der Waals surface area contributed by atoms with Crippen molar-refractivity contribution in [3.63, 3.8) is 0 Å². The molecule has 4 saturated heterocycles. The first-order chi connectivity index (χ1) is 36.7. The van der Waals surface area contributed by atoms with Crippen LogP contribution in [0.2, 0.25) is 0 Å². The van der Waals surface area contributed by atoms with Crippen LogP contribution in [0.25, 0.3) is 10.9 Å². The molecule has 1 aromatic carbocycles. The number of nitrogens with zero attached hydrogens (tertiary/aromatic N) is 3. The predicted octanol–water partition coefficient (Wildman–Crippen LogP) is 6.37. The minimum absolute atomic E-state index is 0.150. The summed E-state index contributed by atoms with van der Waals surface area (Å²) < 4.78 is 60.5. The lowest BCUT2D eigenvalue weighted by atomic mass is 9.73. The van der Waals surface area contributed by atoms with E-state index >= 15 is 0 Å². The largest absolute Gasteiger partial charge is 0.477 e. The fraction of sp³-hybridized carbons (Fsp3) is 0.772. The van der Waals surface area contributed by atoms with Gasteiger partial charge < -0.3 is 72.5 Å². The number of pyridine rings is 1. The number of alkyl carbamates (subject to hydrolysis) is 1. The number of aromatic carboxylic acids is 1. The minimum Gasteiger partial charge on any atom is -0.477 e. The molecule has 0 bridgehead atoms. The van der Waals surface area contributed by atoms with Gasteiger partial charge in [0.05, 0.1) is 53.1 Å². The number of carbonyl (C=O) groups is 4. The number of carbonyl (C=O) groups excluding carboxylic acids is 3. The summed E-state index contributed by atoms with van der Waals surface area (Å²) in [5, 5.41) is 24.7. The third-order valence-corrected chi connectivity index (χ3v) is 18.2. The molecule has 6 rings (SSSR count). The maximum atomic E-state index is 14.8. The fourth-order valence-electron chi connectivity index (χ4n) is 12.5. The van der Waals surface area contributed by atoms with E-state index in [0.717, 1.165) is 23.7 Å². The molecule has 21 heteroatoms. The second kappa shape index (κ2) is 26.4. The number of cyclic esters (lactones) is 1. The van der Waals surface area contributed by atoms with Crippen LogP contribution in [0.4, 0.5) is 4.79 Å². The van der Waals surface area contributed by atoms with Crippen molar-refractivity contribution in [2.24, 2.45) is 23.7 Å². The summed E-state index contributed by atoms with van der Waals surface area (Å²) >= 11 is 1.60. The summed E-state index contributed by atoms with van der Waals surface area (Å²) in [6.45, 7) is 22.7. The number of ether oxygens (including phenoxy) is 9. The molecule has 0 saturated carbocycles. The minimum atomic E-state index is -1.39. The van der Waals surface area contributed by atoms with Gasteiger partial charge in [0, 0.05) is 92.9 Å². The molecular formula is C57H90N4O16S. The zero-order chi connectivity index (χ0) is 57.8. The monoisotopic (exact) mass is 1120 g/mol. The number of aliphatic hydroxyl groups is 1. The van der Waals surface area contributed by atoms with Crippen molar-refractivity contribution < 1.29 is 72.0 Å². The highest BCUT2D eigenvalue weighted by atomic mass is 32.2. The molecule has 18 atom stereocenters. The number of nitrogens with one attached hydrogen (secondary N) is 1. The number of aliphatic hydroxyl groups excluding tert-OH is 1. The first kappa shape index (κ1) is 63.4. The Hall–Kier alpha value is -3.74. The van der Waals surface area contributed by atoms with E-state index in [1.54, 1.807) is 57.4 Å². The number of amides is 1. The number of rotatable bonds is 19. The van der Waals surface area contributed by atoms with Gasteiger partial charge in [0.1, 0.15) is 29.7 Å². The quantitative estimate of drug-likeness (QED) is 0.0788. The van der Waals surface area contributed by atoms with E-state index in [0.29, 0.717) is 36.9 Å². The molecule has 1 aromatic heterocycles. The maximum absolute atomic E-state index is 14.8. The Morgan fingerprint density at radius 2 is 1.59 bits per heavy atom. The van der Waals surface area contributed by atoms with Gasteiger partial charge in [0.2, 0.25) is 5.43 Å². The van der Waals surface area contributed by atoms with Gasteiger partial charge >= 0.3 is 18.0 Å². The summed E-state index contributed by atoms with van der Waals surface area (Å²) in [6.07, 6.45) is -4.79. The normalized spacial score (nSPS) is 37.2. The number of esters is 1. The molecule has 4 fully saturated rings. The first-order valence-corrected chi connectivity index (χ1v) is 28.8. The van der Waals surface area contributed by atoms with Gasteiger partial charge in [-0.1, -0.05) is 27.7 Å². The molecule has 78 heavy (non-hydrogen) atoms. The number of Topliss-reactive ketones (excluding diaryl/α,β-unsaturated/α-hetero) is 1. The number of hydrogen-bond acceptors (Lipinski definition) is 18. The number of carboxylic acids is 1. The van der Waals surface area contributed by atoms with Crippen LogP contribution in [0.1, 0.15) is 119 Å². The predicted molar refractivity (Wildman–Crippen MR) is 294 cm³/mol. The van der Waals surface area contributed by atoms with Gasteiger partial charge in [-0.3, -0.25) is 14.4 Å². The molecule has 4 aliphatic rings.